The molecule has 0 atom stereocenters. The molecule has 0 aliphatic carbocycles. The molecule has 0 aromatic heterocycles. The Kier molecular flexibility index (Phi) is 6.48. The fourth-order valence-electron chi connectivity index (χ4n) is 3.54. The van der Waals surface area contributed by atoms with Crippen LogP contribution in [0.25, 0.3) is 0 Å². The number of amides is 1. The van der Waals surface area contributed by atoms with Gasteiger partial charge >= 0.3 is 0 Å². The summed E-state index contributed by atoms with van der Waals surface area (Å²) in [6.07, 6.45) is 3.06. The van der Waals surface area contributed by atoms with Gasteiger partial charge in [0.15, 0.2) is 0 Å². The summed E-state index contributed by atoms with van der Waals surface area (Å²) >= 11 is 5.86. The van der Waals surface area contributed by atoms with E-state index < -0.39 is 0 Å². The minimum absolute atomic E-state index is 0.00407. The molecule has 2 aromatic carbocycles. The van der Waals surface area contributed by atoms with Gasteiger partial charge in [-0.1, -0.05) is 48.5 Å². The molecule has 1 aliphatic heterocycles. The molecular weight excluding hydrogens is 332 g/mol. The van der Waals surface area contributed by atoms with Gasteiger partial charge < -0.3 is 9.80 Å². The first-order valence-corrected chi connectivity index (χ1v) is 9.50. The van der Waals surface area contributed by atoms with Crippen molar-refractivity contribution in [2.45, 2.75) is 25.3 Å². The molecule has 2 aromatic rings. The number of hydrogen-bond donors (Lipinski definition) is 0. The van der Waals surface area contributed by atoms with Gasteiger partial charge in [-0.15, -0.1) is 11.6 Å². The second-order valence-electron chi connectivity index (χ2n) is 6.54. The third kappa shape index (κ3) is 4.83. The molecule has 0 bridgehead atoms. The Balaban J connectivity index is 1.57. The molecule has 3 nitrogen and oxygen atoms in total. The maximum absolute atomic E-state index is 12.4. The molecule has 1 aliphatic rings. The molecule has 0 radical (unpaired) electrons. The van der Waals surface area contributed by atoms with Gasteiger partial charge in [0.2, 0.25) is 5.91 Å². The number of likely N-dealkylation sites (tertiary alicyclic amines) is 1. The molecule has 132 valence electrons. The molecule has 25 heavy (non-hydrogen) atoms. The summed E-state index contributed by atoms with van der Waals surface area (Å²) < 4.78 is 0. The summed E-state index contributed by atoms with van der Waals surface area (Å²) in [7, 11) is 0. The summed E-state index contributed by atoms with van der Waals surface area (Å²) in [6.45, 7) is 3.12. The summed E-state index contributed by atoms with van der Waals surface area (Å²) in [5.41, 5.74) is 2.34. The van der Waals surface area contributed by atoms with Gasteiger partial charge in [-0.2, -0.15) is 0 Å². The average Bonchev–Trinajstić information content (AvgIpc) is 2.69. The smallest absolute Gasteiger partial charge is 0.242 e. The van der Waals surface area contributed by atoms with E-state index in [0.717, 1.165) is 44.6 Å². The lowest BCUT2D eigenvalue weighted by atomic mass is 10.0. The lowest BCUT2D eigenvalue weighted by Gasteiger charge is -2.38. The van der Waals surface area contributed by atoms with Crippen molar-refractivity contribution in [3.8, 4) is 0 Å². The summed E-state index contributed by atoms with van der Waals surface area (Å²) in [4.78, 5) is 16.8. The quantitative estimate of drug-likeness (QED) is 0.731. The van der Waals surface area contributed by atoms with E-state index in [1.165, 1.54) is 5.56 Å². The topological polar surface area (TPSA) is 23.6 Å². The van der Waals surface area contributed by atoms with Crippen LogP contribution in [-0.4, -0.2) is 42.4 Å². The van der Waals surface area contributed by atoms with Crippen LogP contribution >= 0.6 is 11.6 Å². The molecule has 3 rings (SSSR count). The molecule has 1 amide bonds. The van der Waals surface area contributed by atoms with Crippen LogP contribution in [0.4, 0.5) is 5.69 Å². The first-order chi connectivity index (χ1) is 12.3. The predicted octanol–water partition coefficient (Wildman–Crippen LogP) is 3.97. The fourth-order valence-corrected chi connectivity index (χ4v) is 3.67. The molecule has 1 fully saturated rings. The lowest BCUT2D eigenvalue weighted by Crippen LogP contribution is -2.48. The van der Waals surface area contributed by atoms with Crippen molar-refractivity contribution in [3.05, 3.63) is 66.2 Å². The first kappa shape index (κ1) is 18.0. The number of hydrogen-bond acceptors (Lipinski definition) is 2. The summed E-state index contributed by atoms with van der Waals surface area (Å²) in [6, 6.07) is 20.7. The van der Waals surface area contributed by atoms with Crippen LogP contribution in [0.5, 0.6) is 0 Å². The highest BCUT2D eigenvalue weighted by molar-refractivity contribution is 6.29. The largest absolute Gasteiger partial charge is 0.308 e. The van der Waals surface area contributed by atoms with Gasteiger partial charge in [0.1, 0.15) is 5.88 Å². The van der Waals surface area contributed by atoms with E-state index >= 15 is 0 Å². The van der Waals surface area contributed by atoms with Crippen molar-refractivity contribution in [2.75, 3.05) is 30.4 Å². The normalized spacial score (nSPS) is 15.9. The highest BCUT2D eigenvalue weighted by Crippen LogP contribution is 2.24. The molecule has 1 heterocycles. The Morgan fingerprint density at radius 2 is 1.60 bits per heavy atom. The van der Waals surface area contributed by atoms with Crippen LogP contribution in [0.3, 0.4) is 0 Å². The number of alkyl halides is 1. The van der Waals surface area contributed by atoms with E-state index in [0.29, 0.717) is 0 Å². The fraction of sp³-hybridized carbons (Fsp3) is 0.381. The van der Waals surface area contributed by atoms with Gasteiger partial charge in [-0.25, -0.2) is 0 Å². The number of nitrogens with zero attached hydrogens (tertiary/aromatic N) is 2. The van der Waals surface area contributed by atoms with Crippen molar-refractivity contribution >= 4 is 23.2 Å². The first-order valence-electron chi connectivity index (χ1n) is 8.97. The molecule has 0 spiro atoms. The number of para-hydroxylation sites is 1. The molecular formula is C21H25ClN2O. The van der Waals surface area contributed by atoms with E-state index in [-0.39, 0.29) is 17.8 Å². The van der Waals surface area contributed by atoms with Gasteiger partial charge in [0, 0.05) is 31.4 Å². The second-order valence-corrected chi connectivity index (χ2v) is 6.81. The third-order valence-corrected chi connectivity index (χ3v) is 5.13. The van der Waals surface area contributed by atoms with E-state index in [9.17, 15) is 4.79 Å². The Morgan fingerprint density at radius 3 is 2.20 bits per heavy atom. The monoisotopic (exact) mass is 356 g/mol. The van der Waals surface area contributed by atoms with Gasteiger partial charge in [0.05, 0.1) is 0 Å². The third-order valence-electron chi connectivity index (χ3n) is 4.90. The van der Waals surface area contributed by atoms with Gasteiger partial charge in [-0.05, 0) is 37.0 Å². The van der Waals surface area contributed by atoms with E-state index in [1.54, 1.807) is 0 Å². The highest BCUT2D eigenvalue weighted by Gasteiger charge is 2.28. The van der Waals surface area contributed by atoms with Gasteiger partial charge in [-0.3, -0.25) is 4.79 Å². The van der Waals surface area contributed by atoms with Crippen molar-refractivity contribution in [2.24, 2.45) is 0 Å². The maximum Gasteiger partial charge on any atom is 0.242 e. The number of halogens is 1. The van der Waals surface area contributed by atoms with Crippen molar-refractivity contribution < 1.29 is 4.79 Å². The van der Waals surface area contributed by atoms with Crippen molar-refractivity contribution in [3.63, 3.8) is 0 Å². The van der Waals surface area contributed by atoms with Gasteiger partial charge in [0.25, 0.3) is 0 Å². The minimum Gasteiger partial charge on any atom is -0.308 e. The Hall–Kier alpha value is -1.84. The van der Waals surface area contributed by atoms with Crippen LogP contribution in [-0.2, 0) is 11.2 Å². The Bertz CT molecular complexity index is 654. The predicted molar refractivity (Wildman–Crippen MR) is 104 cm³/mol. The molecule has 0 unspecified atom stereocenters. The number of carbonyl (C=O) groups excluding carboxylic acids is 1. The number of carbonyl (C=O) groups is 1. The maximum atomic E-state index is 12.4. The zero-order valence-electron chi connectivity index (χ0n) is 14.5. The van der Waals surface area contributed by atoms with Crippen LogP contribution in [0.1, 0.15) is 18.4 Å². The van der Waals surface area contributed by atoms with Crippen LogP contribution < -0.4 is 4.90 Å². The summed E-state index contributed by atoms with van der Waals surface area (Å²) in [5.74, 6) is 0.0268. The van der Waals surface area contributed by atoms with E-state index in [1.807, 2.05) is 35.2 Å². The molecule has 0 saturated carbocycles. The van der Waals surface area contributed by atoms with Crippen molar-refractivity contribution in [1.82, 2.24) is 4.90 Å². The number of piperidine rings is 1. The SMILES string of the molecule is O=C(CCl)N(c1ccccc1)C1CCN(CCc2ccccc2)CC1. The number of rotatable bonds is 6. The average molecular weight is 357 g/mol. The Morgan fingerprint density at radius 1 is 1.00 bits per heavy atom. The standard InChI is InChI=1S/C21H25ClN2O/c22-17-21(25)24(19-9-5-2-6-10-19)20-12-15-23(16-13-20)14-11-18-7-3-1-4-8-18/h1-10,20H,11-17H2. The molecule has 4 heteroatoms. The zero-order chi connectivity index (χ0) is 17.5. The number of benzene rings is 2. The number of anilines is 1. The van der Waals surface area contributed by atoms with Crippen LogP contribution in [0.15, 0.2) is 60.7 Å². The minimum atomic E-state index is -0.00407. The summed E-state index contributed by atoms with van der Waals surface area (Å²) in [5, 5.41) is 0. The van der Waals surface area contributed by atoms with E-state index in [2.05, 4.69) is 35.2 Å². The molecule has 0 N–H and O–H groups in total. The highest BCUT2D eigenvalue weighted by atomic mass is 35.5. The molecule has 1 saturated heterocycles. The van der Waals surface area contributed by atoms with E-state index in [4.69, 9.17) is 11.6 Å². The second kappa shape index (κ2) is 9.02. The Labute approximate surface area is 155 Å². The van der Waals surface area contributed by atoms with Crippen LogP contribution in [0.2, 0.25) is 0 Å². The zero-order valence-corrected chi connectivity index (χ0v) is 15.2. The van der Waals surface area contributed by atoms with Crippen molar-refractivity contribution in [1.29, 1.82) is 0 Å². The van der Waals surface area contributed by atoms with Crippen LogP contribution in [0, 0.1) is 0 Å². The lowest BCUT2D eigenvalue weighted by molar-refractivity contribution is -0.117.